The van der Waals surface area contributed by atoms with E-state index in [2.05, 4.69) is 26.6 Å². The second-order valence-corrected chi connectivity index (χ2v) is 8.78. The van der Waals surface area contributed by atoms with Crippen molar-refractivity contribution in [3.63, 3.8) is 0 Å². The van der Waals surface area contributed by atoms with E-state index in [0.717, 1.165) is 17.4 Å². The van der Waals surface area contributed by atoms with Crippen LogP contribution < -0.4 is 26.6 Å². The molecule has 5 N–H and O–H groups in total. The van der Waals surface area contributed by atoms with Crippen LogP contribution in [-0.4, -0.2) is 75.0 Å². The van der Waals surface area contributed by atoms with Crippen LogP contribution in [0.5, 0.6) is 0 Å². The molecule has 0 bridgehead atoms. The predicted molar refractivity (Wildman–Crippen MR) is 145 cm³/mol. The van der Waals surface area contributed by atoms with Gasteiger partial charge in [-0.25, -0.2) is 0 Å². The molecular weight excluding hydrogens is 502 g/mol. The molecule has 0 aromatic heterocycles. The van der Waals surface area contributed by atoms with Crippen molar-refractivity contribution in [3.8, 4) is 0 Å². The minimum atomic E-state index is -0.831. The third-order valence-electron chi connectivity index (χ3n) is 5.83. The third-order valence-corrected chi connectivity index (χ3v) is 5.83. The summed E-state index contributed by atoms with van der Waals surface area (Å²) in [6.07, 6.45) is 2.99. The van der Waals surface area contributed by atoms with Crippen molar-refractivity contribution in [3.05, 3.63) is 71.3 Å². The molecule has 4 amide bonds. The van der Waals surface area contributed by atoms with Crippen LogP contribution in [-0.2, 0) is 36.8 Å². The molecule has 0 unspecified atom stereocenters. The normalized spacial score (nSPS) is 11.9. The Morgan fingerprint density at radius 2 is 1.51 bits per heavy atom. The number of likely N-dealkylation sites (N-methyl/N-ethyl adjacent to an activating group) is 1. The van der Waals surface area contributed by atoms with Crippen LogP contribution in [0.1, 0.15) is 34.3 Å². The third kappa shape index (κ3) is 11.7. The van der Waals surface area contributed by atoms with E-state index in [1.807, 2.05) is 30.3 Å². The summed E-state index contributed by atoms with van der Waals surface area (Å²) in [5, 5.41) is 13.1. The van der Waals surface area contributed by atoms with Gasteiger partial charge >= 0.3 is 0 Å². The fourth-order valence-electron chi connectivity index (χ4n) is 3.68. The molecule has 2 rings (SSSR count). The summed E-state index contributed by atoms with van der Waals surface area (Å²) in [6, 6.07) is 15.0. The molecule has 2 aromatic rings. The summed E-state index contributed by atoms with van der Waals surface area (Å²) in [5.41, 5.74) is 2.23. The lowest BCUT2D eigenvalue weighted by atomic mass is 10.0. The lowest BCUT2D eigenvalue weighted by Crippen LogP contribution is -2.48. The molecular formula is C28H35N5O6. The van der Waals surface area contributed by atoms with E-state index in [4.69, 9.17) is 0 Å². The van der Waals surface area contributed by atoms with Gasteiger partial charge in [0, 0.05) is 18.5 Å². The number of carbonyl (C=O) groups excluding carboxylic acids is 6. The first-order valence-corrected chi connectivity index (χ1v) is 12.7. The summed E-state index contributed by atoms with van der Waals surface area (Å²) < 4.78 is 0. The van der Waals surface area contributed by atoms with Crippen molar-refractivity contribution < 1.29 is 28.8 Å². The van der Waals surface area contributed by atoms with E-state index in [1.54, 1.807) is 31.3 Å². The standard InChI is InChI=1S/C28H35N5O6/c1-29-24(13-10-20-6-3-2-4-7-20)28(39)32-17-25(36)31-18-26(37)33-23(19-35)16-21-8-11-22(12-9-21)27(38)30-14-5-15-34/h2-4,6-9,11-12,15,19,23-24,29H,5,10,13-14,16-18H2,1H3,(H,30,38)(H,31,36)(H,32,39)(H,33,37)/t23-,24+/m0/s1. The minimum absolute atomic E-state index is 0.195. The molecule has 39 heavy (non-hydrogen) atoms. The van der Waals surface area contributed by atoms with E-state index >= 15 is 0 Å². The number of carbonyl (C=O) groups is 6. The van der Waals surface area contributed by atoms with Crippen LogP contribution in [0.3, 0.4) is 0 Å². The first-order chi connectivity index (χ1) is 18.9. The van der Waals surface area contributed by atoms with Gasteiger partial charge in [-0.2, -0.15) is 0 Å². The highest BCUT2D eigenvalue weighted by Crippen LogP contribution is 2.07. The monoisotopic (exact) mass is 537 g/mol. The van der Waals surface area contributed by atoms with Crippen molar-refractivity contribution in [2.75, 3.05) is 26.7 Å². The number of benzene rings is 2. The fourth-order valence-corrected chi connectivity index (χ4v) is 3.68. The second kappa shape index (κ2) is 17.2. The fraction of sp³-hybridized carbons (Fsp3) is 0.357. The zero-order valence-electron chi connectivity index (χ0n) is 21.9. The average molecular weight is 538 g/mol. The summed E-state index contributed by atoms with van der Waals surface area (Å²) in [4.78, 5) is 70.6. The zero-order valence-corrected chi connectivity index (χ0v) is 21.9. The van der Waals surface area contributed by atoms with Crippen molar-refractivity contribution in [1.82, 2.24) is 26.6 Å². The van der Waals surface area contributed by atoms with Crippen LogP contribution >= 0.6 is 0 Å². The summed E-state index contributed by atoms with van der Waals surface area (Å²) >= 11 is 0. The van der Waals surface area contributed by atoms with Crippen molar-refractivity contribution >= 4 is 36.2 Å². The van der Waals surface area contributed by atoms with E-state index < -0.39 is 23.9 Å². The van der Waals surface area contributed by atoms with Crippen LogP contribution in [0.25, 0.3) is 0 Å². The molecule has 2 aromatic carbocycles. The van der Waals surface area contributed by atoms with Crippen molar-refractivity contribution in [2.45, 2.75) is 37.8 Å². The first-order valence-electron chi connectivity index (χ1n) is 12.7. The molecule has 0 spiro atoms. The maximum Gasteiger partial charge on any atom is 0.251 e. The molecule has 208 valence electrons. The molecule has 0 saturated heterocycles. The first kappa shape index (κ1) is 30.8. The highest BCUT2D eigenvalue weighted by molar-refractivity contribution is 5.94. The number of aryl methyl sites for hydroxylation is 1. The quantitative estimate of drug-likeness (QED) is 0.136. The Hall–Kier alpha value is -4.38. The van der Waals surface area contributed by atoms with Gasteiger partial charge in [-0.3, -0.25) is 19.2 Å². The van der Waals surface area contributed by atoms with Gasteiger partial charge in [0.05, 0.1) is 25.2 Å². The minimum Gasteiger partial charge on any atom is -0.352 e. The van der Waals surface area contributed by atoms with Crippen molar-refractivity contribution in [2.24, 2.45) is 0 Å². The van der Waals surface area contributed by atoms with Gasteiger partial charge in [-0.05, 0) is 49.6 Å². The second-order valence-electron chi connectivity index (χ2n) is 8.78. The van der Waals surface area contributed by atoms with E-state index in [0.29, 0.717) is 24.7 Å². The number of nitrogens with one attached hydrogen (secondary N) is 5. The molecule has 2 atom stereocenters. The lowest BCUT2D eigenvalue weighted by molar-refractivity contribution is -0.128. The van der Waals surface area contributed by atoms with E-state index in [-0.39, 0.29) is 44.3 Å². The Bertz CT molecular complexity index is 1110. The molecule has 11 heteroatoms. The molecule has 0 aliphatic carbocycles. The number of hydrogen-bond acceptors (Lipinski definition) is 7. The summed E-state index contributed by atoms with van der Waals surface area (Å²) in [5.74, 6) is -1.74. The Morgan fingerprint density at radius 3 is 2.15 bits per heavy atom. The van der Waals surface area contributed by atoms with Gasteiger partial charge in [0.2, 0.25) is 17.7 Å². The van der Waals surface area contributed by atoms with Gasteiger partial charge in [0.25, 0.3) is 5.91 Å². The van der Waals surface area contributed by atoms with Crippen LogP contribution in [0.2, 0.25) is 0 Å². The molecule has 11 nitrogen and oxygen atoms in total. The molecule has 0 heterocycles. The van der Waals surface area contributed by atoms with E-state index in [1.165, 1.54) is 0 Å². The maximum absolute atomic E-state index is 12.4. The number of hydrogen-bond donors (Lipinski definition) is 5. The predicted octanol–water partition coefficient (Wildman–Crippen LogP) is -0.315. The van der Waals surface area contributed by atoms with Gasteiger partial charge in [-0.15, -0.1) is 0 Å². The zero-order chi connectivity index (χ0) is 28.5. The van der Waals surface area contributed by atoms with Crippen molar-refractivity contribution in [1.29, 1.82) is 0 Å². The smallest absolute Gasteiger partial charge is 0.251 e. The van der Waals surface area contributed by atoms with Gasteiger partial charge in [-0.1, -0.05) is 42.5 Å². The Kier molecular flexibility index (Phi) is 13.6. The highest BCUT2D eigenvalue weighted by Gasteiger charge is 2.18. The largest absolute Gasteiger partial charge is 0.352 e. The number of amides is 4. The Labute approximate surface area is 227 Å². The van der Waals surface area contributed by atoms with Gasteiger partial charge in [0.1, 0.15) is 12.6 Å². The van der Waals surface area contributed by atoms with Gasteiger partial charge < -0.3 is 36.2 Å². The lowest BCUT2D eigenvalue weighted by Gasteiger charge is -2.16. The summed E-state index contributed by atoms with van der Waals surface area (Å²) in [7, 11) is 1.67. The molecule has 0 saturated carbocycles. The Balaban J connectivity index is 1.71. The molecule has 0 aliphatic heterocycles. The molecule has 0 fully saturated rings. The summed E-state index contributed by atoms with van der Waals surface area (Å²) in [6.45, 7) is -0.401. The van der Waals surface area contributed by atoms with Gasteiger partial charge in [0.15, 0.2) is 0 Å². The highest BCUT2D eigenvalue weighted by atomic mass is 16.2. The average Bonchev–Trinajstić information content (AvgIpc) is 2.95. The van der Waals surface area contributed by atoms with Crippen LogP contribution in [0.4, 0.5) is 0 Å². The van der Waals surface area contributed by atoms with E-state index in [9.17, 15) is 28.8 Å². The molecule has 0 radical (unpaired) electrons. The number of rotatable bonds is 17. The van der Waals surface area contributed by atoms with Crippen LogP contribution in [0.15, 0.2) is 54.6 Å². The SMILES string of the molecule is CN[C@H](CCc1ccccc1)C(=O)NCC(=O)NCC(=O)N[C@H](C=O)Cc1ccc(C(=O)NCCC=O)cc1. The van der Waals surface area contributed by atoms with Crippen LogP contribution in [0, 0.1) is 0 Å². The Morgan fingerprint density at radius 1 is 0.821 bits per heavy atom. The molecule has 0 aliphatic rings. The maximum atomic E-state index is 12.4. The topological polar surface area (TPSA) is 163 Å². The number of aldehydes is 2.